The third kappa shape index (κ3) is 3.01. The maximum Gasteiger partial charge on any atom is 0.337 e. The standard InChI is InChI=1S/C14H15N3O2/c1-17(2)11-5-3-4-10(8-11)16-13-9-15-7-6-12(13)14(18)19/h3-9,16H,1-2H3,(H,18,19). The predicted molar refractivity (Wildman–Crippen MR) is 75.2 cm³/mol. The second-order valence-electron chi connectivity index (χ2n) is 4.30. The van der Waals surface area contributed by atoms with E-state index in [1.807, 2.05) is 43.3 Å². The van der Waals surface area contributed by atoms with Crippen LogP contribution in [0.25, 0.3) is 0 Å². The first-order valence-corrected chi connectivity index (χ1v) is 5.79. The van der Waals surface area contributed by atoms with Gasteiger partial charge in [0.05, 0.1) is 17.4 Å². The molecule has 2 rings (SSSR count). The van der Waals surface area contributed by atoms with Crippen LogP contribution in [0.3, 0.4) is 0 Å². The molecule has 0 aliphatic carbocycles. The summed E-state index contributed by atoms with van der Waals surface area (Å²) in [6.45, 7) is 0. The number of hydrogen-bond donors (Lipinski definition) is 2. The smallest absolute Gasteiger partial charge is 0.337 e. The minimum absolute atomic E-state index is 0.199. The van der Waals surface area contributed by atoms with Crippen LogP contribution in [-0.4, -0.2) is 30.2 Å². The summed E-state index contributed by atoms with van der Waals surface area (Å²) >= 11 is 0. The highest BCUT2D eigenvalue weighted by molar-refractivity contribution is 5.94. The van der Waals surface area contributed by atoms with Gasteiger partial charge in [0, 0.05) is 31.7 Å². The topological polar surface area (TPSA) is 65.5 Å². The summed E-state index contributed by atoms with van der Waals surface area (Å²) in [5.41, 5.74) is 2.53. The van der Waals surface area contributed by atoms with Crippen molar-refractivity contribution in [1.29, 1.82) is 0 Å². The minimum Gasteiger partial charge on any atom is -0.478 e. The molecule has 1 heterocycles. The number of nitrogens with zero attached hydrogens (tertiary/aromatic N) is 2. The van der Waals surface area contributed by atoms with Gasteiger partial charge < -0.3 is 15.3 Å². The Kier molecular flexibility index (Phi) is 3.66. The number of benzene rings is 1. The van der Waals surface area contributed by atoms with E-state index in [0.717, 1.165) is 11.4 Å². The number of hydrogen-bond acceptors (Lipinski definition) is 4. The van der Waals surface area contributed by atoms with Crippen LogP contribution >= 0.6 is 0 Å². The Labute approximate surface area is 111 Å². The van der Waals surface area contributed by atoms with Crippen molar-refractivity contribution in [3.63, 3.8) is 0 Å². The Hall–Kier alpha value is -2.56. The van der Waals surface area contributed by atoms with Crippen molar-refractivity contribution in [3.05, 3.63) is 48.3 Å². The van der Waals surface area contributed by atoms with Gasteiger partial charge in [-0.25, -0.2) is 4.79 Å². The van der Waals surface area contributed by atoms with Gasteiger partial charge in [0.2, 0.25) is 0 Å². The number of carbonyl (C=O) groups is 1. The lowest BCUT2D eigenvalue weighted by molar-refractivity contribution is 0.0698. The SMILES string of the molecule is CN(C)c1cccc(Nc2cnccc2C(=O)O)c1. The molecular formula is C14H15N3O2. The van der Waals surface area contributed by atoms with Gasteiger partial charge in [-0.2, -0.15) is 0 Å². The van der Waals surface area contributed by atoms with Crippen molar-refractivity contribution < 1.29 is 9.90 Å². The lowest BCUT2D eigenvalue weighted by Crippen LogP contribution is -2.09. The van der Waals surface area contributed by atoms with E-state index in [2.05, 4.69) is 10.3 Å². The Balaban J connectivity index is 2.31. The number of carboxylic acid groups (broad SMARTS) is 1. The van der Waals surface area contributed by atoms with E-state index < -0.39 is 5.97 Å². The second-order valence-corrected chi connectivity index (χ2v) is 4.30. The Morgan fingerprint density at radius 2 is 2.11 bits per heavy atom. The summed E-state index contributed by atoms with van der Waals surface area (Å²) < 4.78 is 0. The number of aromatic nitrogens is 1. The molecule has 2 N–H and O–H groups in total. The third-order valence-corrected chi connectivity index (χ3v) is 2.69. The summed E-state index contributed by atoms with van der Waals surface area (Å²) in [7, 11) is 3.90. The normalized spacial score (nSPS) is 10.0. The number of pyridine rings is 1. The third-order valence-electron chi connectivity index (χ3n) is 2.69. The molecule has 0 atom stereocenters. The van der Waals surface area contributed by atoms with E-state index in [-0.39, 0.29) is 5.56 Å². The van der Waals surface area contributed by atoms with Crippen molar-refractivity contribution >= 4 is 23.0 Å². The zero-order valence-electron chi connectivity index (χ0n) is 10.8. The van der Waals surface area contributed by atoms with E-state index in [9.17, 15) is 4.79 Å². The Morgan fingerprint density at radius 1 is 1.32 bits per heavy atom. The summed E-state index contributed by atoms with van der Waals surface area (Å²) in [4.78, 5) is 17.0. The van der Waals surface area contributed by atoms with E-state index in [4.69, 9.17) is 5.11 Å². The van der Waals surface area contributed by atoms with Crippen LogP contribution in [0.2, 0.25) is 0 Å². The van der Waals surface area contributed by atoms with Crippen LogP contribution in [0, 0.1) is 0 Å². The van der Waals surface area contributed by atoms with Gasteiger partial charge >= 0.3 is 5.97 Å². The van der Waals surface area contributed by atoms with Gasteiger partial charge in [-0.05, 0) is 24.3 Å². The molecule has 19 heavy (non-hydrogen) atoms. The number of aromatic carboxylic acids is 1. The van der Waals surface area contributed by atoms with Crippen molar-refractivity contribution in [2.24, 2.45) is 0 Å². The summed E-state index contributed by atoms with van der Waals surface area (Å²) in [5.74, 6) is -0.978. The Bertz CT molecular complexity index is 597. The zero-order valence-corrected chi connectivity index (χ0v) is 10.8. The molecule has 0 spiro atoms. The number of carboxylic acids is 1. The lowest BCUT2D eigenvalue weighted by atomic mass is 10.2. The molecule has 0 saturated carbocycles. The molecule has 0 unspecified atom stereocenters. The molecule has 1 aromatic heterocycles. The van der Waals surface area contributed by atoms with Gasteiger partial charge in [0.15, 0.2) is 0 Å². The van der Waals surface area contributed by atoms with Gasteiger partial charge in [-0.3, -0.25) is 4.98 Å². The van der Waals surface area contributed by atoms with Crippen LogP contribution < -0.4 is 10.2 Å². The van der Waals surface area contributed by atoms with Crippen molar-refractivity contribution in [1.82, 2.24) is 4.98 Å². The van der Waals surface area contributed by atoms with Crippen molar-refractivity contribution in [3.8, 4) is 0 Å². The fraction of sp³-hybridized carbons (Fsp3) is 0.143. The molecule has 0 aliphatic heterocycles. The lowest BCUT2D eigenvalue weighted by Gasteiger charge is -2.15. The molecule has 0 fully saturated rings. The van der Waals surface area contributed by atoms with Gasteiger partial charge in [-0.15, -0.1) is 0 Å². The molecule has 0 bridgehead atoms. The van der Waals surface area contributed by atoms with Crippen LogP contribution in [-0.2, 0) is 0 Å². The van der Waals surface area contributed by atoms with E-state index in [0.29, 0.717) is 5.69 Å². The highest BCUT2D eigenvalue weighted by Crippen LogP contribution is 2.23. The van der Waals surface area contributed by atoms with Crippen LogP contribution in [0.4, 0.5) is 17.1 Å². The molecule has 2 aromatic rings. The van der Waals surface area contributed by atoms with E-state index in [1.165, 1.54) is 18.5 Å². The summed E-state index contributed by atoms with van der Waals surface area (Å²) in [6, 6.07) is 9.19. The molecular weight excluding hydrogens is 242 g/mol. The molecule has 0 radical (unpaired) electrons. The molecule has 0 saturated heterocycles. The van der Waals surface area contributed by atoms with Crippen LogP contribution in [0.5, 0.6) is 0 Å². The summed E-state index contributed by atoms with van der Waals surface area (Å²) in [5, 5.41) is 12.2. The van der Waals surface area contributed by atoms with Crippen LogP contribution in [0.15, 0.2) is 42.7 Å². The first-order chi connectivity index (χ1) is 9.08. The van der Waals surface area contributed by atoms with Gasteiger partial charge in [0.1, 0.15) is 0 Å². The quantitative estimate of drug-likeness (QED) is 0.881. The average molecular weight is 257 g/mol. The number of nitrogens with one attached hydrogen (secondary N) is 1. The van der Waals surface area contributed by atoms with E-state index >= 15 is 0 Å². The average Bonchev–Trinajstić information content (AvgIpc) is 2.39. The predicted octanol–water partition coefficient (Wildman–Crippen LogP) is 2.59. The molecule has 5 nitrogen and oxygen atoms in total. The summed E-state index contributed by atoms with van der Waals surface area (Å²) in [6.07, 6.45) is 2.97. The fourth-order valence-electron chi connectivity index (χ4n) is 1.70. The molecule has 1 aromatic carbocycles. The highest BCUT2D eigenvalue weighted by atomic mass is 16.4. The minimum atomic E-state index is -0.978. The monoisotopic (exact) mass is 257 g/mol. The first-order valence-electron chi connectivity index (χ1n) is 5.79. The van der Waals surface area contributed by atoms with Crippen molar-refractivity contribution in [2.75, 3.05) is 24.3 Å². The fourth-order valence-corrected chi connectivity index (χ4v) is 1.70. The highest BCUT2D eigenvalue weighted by Gasteiger charge is 2.09. The first kappa shape index (κ1) is 12.9. The van der Waals surface area contributed by atoms with Gasteiger partial charge in [0.25, 0.3) is 0 Å². The molecule has 0 aliphatic rings. The Morgan fingerprint density at radius 3 is 2.79 bits per heavy atom. The molecule has 5 heteroatoms. The molecule has 98 valence electrons. The molecule has 0 amide bonds. The maximum absolute atomic E-state index is 11.1. The largest absolute Gasteiger partial charge is 0.478 e. The number of anilines is 3. The van der Waals surface area contributed by atoms with Crippen LogP contribution in [0.1, 0.15) is 10.4 Å². The van der Waals surface area contributed by atoms with Crippen molar-refractivity contribution in [2.45, 2.75) is 0 Å². The second kappa shape index (κ2) is 5.39. The zero-order chi connectivity index (χ0) is 13.8. The van der Waals surface area contributed by atoms with E-state index in [1.54, 1.807) is 0 Å². The maximum atomic E-state index is 11.1. The number of rotatable bonds is 4. The van der Waals surface area contributed by atoms with Gasteiger partial charge in [-0.1, -0.05) is 6.07 Å².